The standard InChI is InChI=1S/C19H14Cl2FN5O2/c20-12-5-11(8-23-9-12)17-7-16(19(29)26-4-3-24-18(28)10-26)25-27(17)13-1-2-15(22)14(21)6-13/h1-2,5-9H,3-4,10H2,(H,24,28). The van der Waals surface area contributed by atoms with Crippen LogP contribution in [0.15, 0.2) is 42.7 Å². The van der Waals surface area contributed by atoms with Crippen LogP contribution >= 0.6 is 23.2 Å². The van der Waals surface area contributed by atoms with Gasteiger partial charge in [-0.3, -0.25) is 14.6 Å². The Morgan fingerprint density at radius 2 is 2.00 bits per heavy atom. The summed E-state index contributed by atoms with van der Waals surface area (Å²) in [4.78, 5) is 30.0. The average Bonchev–Trinajstić information content (AvgIpc) is 3.15. The van der Waals surface area contributed by atoms with Crippen molar-refractivity contribution in [2.24, 2.45) is 0 Å². The number of nitrogens with zero attached hydrogens (tertiary/aromatic N) is 4. The topological polar surface area (TPSA) is 80.1 Å². The van der Waals surface area contributed by atoms with Crippen LogP contribution in [-0.2, 0) is 4.79 Å². The van der Waals surface area contributed by atoms with Gasteiger partial charge in [-0.25, -0.2) is 9.07 Å². The normalized spacial score (nSPS) is 14.0. The van der Waals surface area contributed by atoms with Crippen LogP contribution in [0.3, 0.4) is 0 Å². The lowest BCUT2D eigenvalue weighted by Crippen LogP contribution is -2.50. The summed E-state index contributed by atoms with van der Waals surface area (Å²) >= 11 is 12.0. The third-order valence-corrected chi connectivity index (χ3v) is 4.90. The summed E-state index contributed by atoms with van der Waals surface area (Å²) < 4.78 is 15.1. The zero-order valence-electron chi connectivity index (χ0n) is 14.9. The second kappa shape index (κ2) is 7.81. The summed E-state index contributed by atoms with van der Waals surface area (Å²) in [6.07, 6.45) is 3.06. The van der Waals surface area contributed by atoms with Crippen molar-refractivity contribution < 1.29 is 14.0 Å². The van der Waals surface area contributed by atoms with Crippen molar-refractivity contribution in [2.45, 2.75) is 0 Å². The van der Waals surface area contributed by atoms with E-state index < -0.39 is 5.82 Å². The van der Waals surface area contributed by atoms with Gasteiger partial charge in [0.1, 0.15) is 5.82 Å². The number of carbonyl (C=O) groups is 2. The number of hydrogen-bond donors (Lipinski definition) is 1. The number of carbonyl (C=O) groups excluding carboxylic acids is 2. The van der Waals surface area contributed by atoms with E-state index in [1.807, 2.05) is 0 Å². The van der Waals surface area contributed by atoms with Crippen molar-refractivity contribution in [1.82, 2.24) is 25.0 Å². The minimum absolute atomic E-state index is 0.0396. The largest absolute Gasteiger partial charge is 0.353 e. The van der Waals surface area contributed by atoms with Crippen LogP contribution in [0.5, 0.6) is 0 Å². The minimum Gasteiger partial charge on any atom is -0.353 e. The van der Waals surface area contributed by atoms with Gasteiger partial charge in [-0.05, 0) is 30.3 Å². The third kappa shape index (κ3) is 3.94. The Morgan fingerprint density at radius 3 is 2.72 bits per heavy atom. The highest BCUT2D eigenvalue weighted by atomic mass is 35.5. The Morgan fingerprint density at radius 1 is 1.17 bits per heavy atom. The molecule has 7 nitrogen and oxygen atoms in total. The summed E-state index contributed by atoms with van der Waals surface area (Å²) in [5, 5.41) is 7.41. The first-order valence-electron chi connectivity index (χ1n) is 8.65. The van der Waals surface area contributed by atoms with Gasteiger partial charge in [-0.2, -0.15) is 5.10 Å². The van der Waals surface area contributed by atoms with Crippen LogP contribution in [0, 0.1) is 5.82 Å². The van der Waals surface area contributed by atoms with E-state index in [2.05, 4.69) is 15.4 Å². The zero-order chi connectivity index (χ0) is 20.5. The lowest BCUT2D eigenvalue weighted by atomic mass is 10.2. The molecular formula is C19H14Cl2FN5O2. The molecule has 0 radical (unpaired) electrons. The maximum absolute atomic E-state index is 13.6. The first-order valence-corrected chi connectivity index (χ1v) is 9.40. The molecule has 3 aromatic rings. The van der Waals surface area contributed by atoms with Gasteiger partial charge in [0.05, 0.1) is 28.0 Å². The fraction of sp³-hybridized carbons (Fsp3) is 0.158. The number of nitrogens with one attached hydrogen (secondary N) is 1. The molecule has 1 aromatic carbocycles. The number of hydrogen-bond acceptors (Lipinski definition) is 4. The number of pyridine rings is 1. The van der Waals surface area contributed by atoms with Crippen molar-refractivity contribution in [3.8, 4) is 16.9 Å². The molecule has 0 spiro atoms. The summed E-state index contributed by atoms with van der Waals surface area (Å²) in [6.45, 7) is 0.722. The van der Waals surface area contributed by atoms with Crippen LogP contribution in [0.4, 0.5) is 4.39 Å². The molecular weight excluding hydrogens is 420 g/mol. The molecule has 1 N–H and O–H groups in total. The highest BCUT2D eigenvalue weighted by Crippen LogP contribution is 2.28. The number of piperazine rings is 1. The van der Waals surface area contributed by atoms with Gasteiger partial charge in [-0.15, -0.1) is 0 Å². The molecule has 4 rings (SSSR count). The molecule has 3 heterocycles. The molecule has 2 aromatic heterocycles. The van der Waals surface area contributed by atoms with Crippen LogP contribution in [0.1, 0.15) is 10.5 Å². The first-order chi connectivity index (χ1) is 13.9. The number of amides is 2. The van der Waals surface area contributed by atoms with Crippen molar-refractivity contribution in [3.05, 3.63) is 64.3 Å². The van der Waals surface area contributed by atoms with E-state index in [1.54, 1.807) is 18.3 Å². The van der Waals surface area contributed by atoms with E-state index in [1.165, 1.54) is 34.0 Å². The van der Waals surface area contributed by atoms with E-state index in [9.17, 15) is 14.0 Å². The highest BCUT2D eigenvalue weighted by molar-refractivity contribution is 6.31. The molecule has 0 unspecified atom stereocenters. The second-order valence-corrected chi connectivity index (χ2v) is 7.24. The molecule has 0 atom stereocenters. The van der Waals surface area contributed by atoms with E-state index in [0.717, 1.165) is 0 Å². The van der Waals surface area contributed by atoms with Gasteiger partial charge in [0.2, 0.25) is 5.91 Å². The van der Waals surface area contributed by atoms with Crippen LogP contribution in [0.25, 0.3) is 16.9 Å². The van der Waals surface area contributed by atoms with Crippen molar-refractivity contribution in [2.75, 3.05) is 19.6 Å². The Kier molecular flexibility index (Phi) is 5.21. The number of benzene rings is 1. The second-order valence-electron chi connectivity index (χ2n) is 6.39. The molecule has 0 saturated carbocycles. The first kappa shape index (κ1) is 19.4. The van der Waals surface area contributed by atoms with E-state index in [4.69, 9.17) is 23.2 Å². The van der Waals surface area contributed by atoms with Gasteiger partial charge in [0.25, 0.3) is 5.91 Å². The number of rotatable bonds is 3. The molecule has 1 saturated heterocycles. The third-order valence-electron chi connectivity index (χ3n) is 4.40. The lowest BCUT2D eigenvalue weighted by molar-refractivity contribution is -0.123. The Balaban J connectivity index is 1.81. The lowest BCUT2D eigenvalue weighted by Gasteiger charge is -2.25. The minimum atomic E-state index is -0.566. The fourth-order valence-electron chi connectivity index (χ4n) is 3.03. The Labute approximate surface area is 175 Å². The zero-order valence-corrected chi connectivity index (χ0v) is 16.4. The quantitative estimate of drug-likeness (QED) is 0.688. The Bertz CT molecular complexity index is 1120. The highest BCUT2D eigenvalue weighted by Gasteiger charge is 2.26. The summed E-state index contributed by atoms with van der Waals surface area (Å²) in [7, 11) is 0. The number of aromatic nitrogens is 3. The molecule has 1 fully saturated rings. The molecule has 1 aliphatic rings. The maximum atomic E-state index is 13.6. The van der Waals surface area contributed by atoms with Crippen molar-refractivity contribution >= 4 is 35.0 Å². The Hall–Kier alpha value is -2.97. The molecule has 29 heavy (non-hydrogen) atoms. The van der Waals surface area contributed by atoms with E-state index >= 15 is 0 Å². The summed E-state index contributed by atoms with van der Waals surface area (Å²) in [5.74, 6) is -1.18. The fourth-order valence-corrected chi connectivity index (χ4v) is 3.38. The predicted octanol–water partition coefficient (Wildman–Crippen LogP) is 2.95. The molecule has 2 amide bonds. The van der Waals surface area contributed by atoms with E-state index in [0.29, 0.717) is 35.1 Å². The van der Waals surface area contributed by atoms with Gasteiger partial charge >= 0.3 is 0 Å². The van der Waals surface area contributed by atoms with Crippen molar-refractivity contribution in [1.29, 1.82) is 0 Å². The van der Waals surface area contributed by atoms with Gasteiger partial charge in [0, 0.05) is 31.0 Å². The van der Waals surface area contributed by atoms with Gasteiger partial charge in [0.15, 0.2) is 5.69 Å². The average molecular weight is 434 g/mol. The van der Waals surface area contributed by atoms with Crippen LogP contribution in [0.2, 0.25) is 10.0 Å². The van der Waals surface area contributed by atoms with Crippen molar-refractivity contribution in [3.63, 3.8) is 0 Å². The SMILES string of the molecule is O=C1CN(C(=O)c2cc(-c3cncc(Cl)c3)n(-c3ccc(F)c(Cl)c3)n2)CCN1. The maximum Gasteiger partial charge on any atom is 0.274 e. The monoisotopic (exact) mass is 433 g/mol. The molecule has 1 aliphatic heterocycles. The predicted molar refractivity (Wildman–Crippen MR) is 106 cm³/mol. The van der Waals surface area contributed by atoms with Crippen LogP contribution < -0.4 is 5.32 Å². The van der Waals surface area contributed by atoms with Gasteiger partial charge in [-0.1, -0.05) is 23.2 Å². The number of halogens is 3. The molecule has 0 bridgehead atoms. The van der Waals surface area contributed by atoms with Gasteiger partial charge < -0.3 is 10.2 Å². The summed E-state index contributed by atoms with van der Waals surface area (Å²) in [6, 6.07) is 7.39. The van der Waals surface area contributed by atoms with Crippen LogP contribution in [-0.4, -0.2) is 51.1 Å². The summed E-state index contributed by atoms with van der Waals surface area (Å²) in [5.41, 5.74) is 1.73. The smallest absolute Gasteiger partial charge is 0.274 e. The van der Waals surface area contributed by atoms with E-state index in [-0.39, 0.29) is 29.1 Å². The molecule has 10 heteroatoms. The molecule has 0 aliphatic carbocycles. The molecule has 148 valence electrons.